The number of benzene rings is 1. The highest BCUT2D eigenvalue weighted by atomic mass is 79.9. The summed E-state index contributed by atoms with van der Waals surface area (Å²) in [6.45, 7) is 3.38. The Morgan fingerprint density at radius 1 is 1.15 bits per heavy atom. The number of hydrogen-bond donors (Lipinski definition) is 1. The van der Waals surface area contributed by atoms with Crippen molar-refractivity contribution in [2.24, 2.45) is 0 Å². The van der Waals surface area contributed by atoms with Crippen LogP contribution in [0.5, 0.6) is 0 Å². The van der Waals surface area contributed by atoms with Gasteiger partial charge >= 0.3 is 0 Å². The van der Waals surface area contributed by atoms with Crippen LogP contribution < -0.4 is 5.32 Å². The quantitative estimate of drug-likeness (QED) is 0.911. The Morgan fingerprint density at radius 2 is 1.75 bits per heavy atom. The molecule has 1 heterocycles. The molecular formula is C12H9BrF2N4O. The third-order valence-electron chi connectivity index (χ3n) is 2.55. The fourth-order valence-corrected chi connectivity index (χ4v) is 1.83. The molecule has 2 aromatic rings. The number of nitrogens with zero attached hydrogens (tertiary/aromatic N) is 3. The van der Waals surface area contributed by atoms with Gasteiger partial charge in [0.05, 0.1) is 11.4 Å². The molecule has 20 heavy (non-hydrogen) atoms. The summed E-state index contributed by atoms with van der Waals surface area (Å²) in [4.78, 5) is 15.8. The highest BCUT2D eigenvalue weighted by molar-refractivity contribution is 9.10. The van der Waals surface area contributed by atoms with Crippen LogP contribution >= 0.6 is 15.9 Å². The van der Waals surface area contributed by atoms with Gasteiger partial charge in [0.15, 0.2) is 0 Å². The van der Waals surface area contributed by atoms with Crippen molar-refractivity contribution < 1.29 is 13.6 Å². The van der Waals surface area contributed by atoms with E-state index in [1.54, 1.807) is 13.8 Å². The molecule has 1 aromatic heterocycles. The molecular weight excluding hydrogens is 334 g/mol. The van der Waals surface area contributed by atoms with E-state index < -0.39 is 23.1 Å². The van der Waals surface area contributed by atoms with Gasteiger partial charge in [-0.2, -0.15) is 5.10 Å². The van der Waals surface area contributed by atoms with Gasteiger partial charge in [-0.05, 0) is 26.0 Å². The minimum atomic E-state index is -0.980. The monoisotopic (exact) mass is 342 g/mol. The molecule has 0 unspecified atom stereocenters. The van der Waals surface area contributed by atoms with Crippen molar-refractivity contribution in [2.75, 3.05) is 5.32 Å². The highest BCUT2D eigenvalue weighted by Gasteiger charge is 2.19. The maximum absolute atomic E-state index is 13.6. The van der Waals surface area contributed by atoms with Crippen LogP contribution in [0.15, 0.2) is 16.6 Å². The molecule has 0 saturated carbocycles. The van der Waals surface area contributed by atoms with E-state index in [-0.39, 0.29) is 10.4 Å². The predicted octanol–water partition coefficient (Wildman–Crippen LogP) is 2.78. The number of aryl methyl sites for hydroxylation is 2. The molecule has 0 spiro atoms. The standard InChI is InChI=1S/C12H9BrF2N4O/c1-5-6(2)18-19-12(16-5)17-11(20)10-8(14)3-7(13)4-9(10)15/h3-4H,1-2H3,(H,16,17,19,20). The Kier molecular flexibility index (Phi) is 4.03. The maximum Gasteiger partial charge on any atom is 0.264 e. The van der Waals surface area contributed by atoms with Crippen molar-refractivity contribution in [2.45, 2.75) is 13.8 Å². The first-order valence-corrected chi connectivity index (χ1v) is 6.31. The van der Waals surface area contributed by atoms with E-state index in [2.05, 4.69) is 36.4 Å². The SMILES string of the molecule is Cc1nnc(NC(=O)c2c(F)cc(Br)cc2F)nc1C. The molecule has 0 radical (unpaired) electrons. The summed E-state index contributed by atoms with van der Waals surface area (Å²) in [6, 6.07) is 2.00. The van der Waals surface area contributed by atoms with Crippen molar-refractivity contribution in [1.82, 2.24) is 15.2 Å². The van der Waals surface area contributed by atoms with E-state index in [0.717, 1.165) is 12.1 Å². The number of hydrogen-bond acceptors (Lipinski definition) is 4. The lowest BCUT2D eigenvalue weighted by Crippen LogP contribution is -2.18. The van der Waals surface area contributed by atoms with Gasteiger partial charge in [0, 0.05) is 4.47 Å². The molecule has 0 atom stereocenters. The predicted molar refractivity (Wildman–Crippen MR) is 71.3 cm³/mol. The number of rotatable bonds is 2. The lowest BCUT2D eigenvalue weighted by molar-refractivity contribution is 0.101. The van der Waals surface area contributed by atoms with Crippen LogP contribution in [0.4, 0.5) is 14.7 Å². The van der Waals surface area contributed by atoms with Gasteiger partial charge < -0.3 is 0 Å². The molecule has 8 heteroatoms. The van der Waals surface area contributed by atoms with Gasteiger partial charge in [-0.15, -0.1) is 5.10 Å². The van der Waals surface area contributed by atoms with Crippen LogP contribution in [0.1, 0.15) is 21.7 Å². The zero-order valence-electron chi connectivity index (χ0n) is 10.5. The van der Waals surface area contributed by atoms with E-state index in [0.29, 0.717) is 11.4 Å². The van der Waals surface area contributed by atoms with Crippen molar-refractivity contribution >= 4 is 27.8 Å². The number of anilines is 1. The molecule has 2 rings (SSSR count). The van der Waals surface area contributed by atoms with Gasteiger partial charge in [0.1, 0.15) is 17.2 Å². The fraction of sp³-hybridized carbons (Fsp3) is 0.167. The molecule has 0 saturated heterocycles. The molecule has 0 aliphatic heterocycles. The van der Waals surface area contributed by atoms with Gasteiger partial charge in [-0.3, -0.25) is 10.1 Å². The van der Waals surface area contributed by atoms with Gasteiger partial charge in [-0.25, -0.2) is 13.8 Å². The van der Waals surface area contributed by atoms with Gasteiger partial charge in [0.2, 0.25) is 5.95 Å². The summed E-state index contributed by atoms with van der Waals surface area (Å²) in [5.41, 5.74) is 0.464. The second-order valence-corrected chi connectivity index (χ2v) is 4.92. The summed E-state index contributed by atoms with van der Waals surface area (Å²) in [6.07, 6.45) is 0. The largest absolute Gasteiger partial charge is 0.289 e. The summed E-state index contributed by atoms with van der Waals surface area (Å²) >= 11 is 2.93. The van der Waals surface area contributed by atoms with E-state index in [4.69, 9.17) is 0 Å². The van der Waals surface area contributed by atoms with Crippen molar-refractivity contribution in [3.05, 3.63) is 45.2 Å². The van der Waals surface area contributed by atoms with E-state index in [9.17, 15) is 13.6 Å². The third-order valence-corrected chi connectivity index (χ3v) is 3.01. The van der Waals surface area contributed by atoms with Crippen LogP contribution in [0.2, 0.25) is 0 Å². The van der Waals surface area contributed by atoms with Crippen LogP contribution in [0.25, 0.3) is 0 Å². The Balaban J connectivity index is 2.31. The van der Waals surface area contributed by atoms with Crippen LogP contribution in [0, 0.1) is 25.5 Å². The lowest BCUT2D eigenvalue weighted by atomic mass is 10.2. The second-order valence-electron chi connectivity index (χ2n) is 4.00. The van der Waals surface area contributed by atoms with Crippen LogP contribution in [-0.2, 0) is 0 Å². The van der Waals surface area contributed by atoms with Gasteiger partial charge in [-0.1, -0.05) is 15.9 Å². The second kappa shape index (κ2) is 5.58. The molecule has 1 aromatic carbocycles. The Labute approximate surface area is 121 Å². The molecule has 0 bridgehead atoms. The smallest absolute Gasteiger partial charge is 0.264 e. The fourth-order valence-electron chi connectivity index (χ4n) is 1.43. The van der Waals surface area contributed by atoms with Crippen molar-refractivity contribution in [1.29, 1.82) is 0 Å². The zero-order valence-corrected chi connectivity index (χ0v) is 12.1. The topological polar surface area (TPSA) is 67.8 Å². The summed E-state index contributed by atoms with van der Waals surface area (Å²) in [7, 11) is 0. The first-order valence-electron chi connectivity index (χ1n) is 5.52. The summed E-state index contributed by atoms with van der Waals surface area (Å²) in [5, 5.41) is 9.60. The minimum Gasteiger partial charge on any atom is -0.289 e. The number of carbonyl (C=O) groups excluding carboxylic acids is 1. The lowest BCUT2D eigenvalue weighted by Gasteiger charge is -2.07. The molecule has 1 N–H and O–H groups in total. The van der Waals surface area contributed by atoms with Gasteiger partial charge in [0.25, 0.3) is 5.91 Å². The number of amides is 1. The minimum absolute atomic E-state index is 0.111. The summed E-state index contributed by atoms with van der Waals surface area (Å²) in [5.74, 6) is -3.05. The first-order chi connectivity index (χ1) is 9.38. The van der Waals surface area contributed by atoms with Crippen LogP contribution in [0.3, 0.4) is 0 Å². The molecule has 0 aliphatic rings. The van der Waals surface area contributed by atoms with Crippen LogP contribution in [-0.4, -0.2) is 21.1 Å². The van der Waals surface area contributed by atoms with E-state index >= 15 is 0 Å². The molecule has 0 fully saturated rings. The third kappa shape index (κ3) is 2.96. The average Bonchev–Trinajstić information content (AvgIpc) is 2.32. The first kappa shape index (κ1) is 14.4. The zero-order chi connectivity index (χ0) is 14.9. The van der Waals surface area contributed by atoms with Crippen molar-refractivity contribution in [3.63, 3.8) is 0 Å². The molecule has 104 valence electrons. The number of carbonyl (C=O) groups is 1. The van der Waals surface area contributed by atoms with E-state index in [1.165, 1.54) is 0 Å². The average molecular weight is 343 g/mol. The van der Waals surface area contributed by atoms with Crippen molar-refractivity contribution in [3.8, 4) is 0 Å². The maximum atomic E-state index is 13.6. The summed E-state index contributed by atoms with van der Waals surface area (Å²) < 4.78 is 27.4. The van der Waals surface area contributed by atoms with E-state index in [1.807, 2.05) is 0 Å². The normalized spacial score (nSPS) is 10.4. The molecule has 5 nitrogen and oxygen atoms in total. The number of nitrogens with one attached hydrogen (secondary N) is 1. The molecule has 1 amide bonds. The highest BCUT2D eigenvalue weighted by Crippen LogP contribution is 2.20. The number of halogens is 3. The molecule has 0 aliphatic carbocycles. The Bertz CT molecular complexity index is 670. The Morgan fingerprint density at radius 3 is 2.30 bits per heavy atom. The number of aromatic nitrogens is 3. The Hall–Kier alpha value is -1.96.